The molecular formula is C9H10BrF3N2O. The fourth-order valence-corrected chi connectivity index (χ4v) is 1.65. The highest BCUT2D eigenvalue weighted by atomic mass is 79.9. The monoisotopic (exact) mass is 298 g/mol. The molecule has 1 aromatic rings. The zero-order valence-electron chi connectivity index (χ0n) is 8.46. The van der Waals surface area contributed by atoms with E-state index in [2.05, 4.69) is 25.9 Å². The van der Waals surface area contributed by atoms with Gasteiger partial charge in [0.05, 0.1) is 6.61 Å². The van der Waals surface area contributed by atoms with Crippen LogP contribution in [0.25, 0.3) is 0 Å². The van der Waals surface area contributed by atoms with E-state index in [9.17, 15) is 13.2 Å². The predicted octanol–water partition coefficient (Wildman–Crippen LogP) is 2.45. The predicted molar refractivity (Wildman–Crippen MR) is 55.3 cm³/mol. The van der Waals surface area contributed by atoms with Crippen molar-refractivity contribution >= 4 is 15.9 Å². The Balaban J connectivity index is 2.75. The van der Waals surface area contributed by atoms with Crippen LogP contribution in [0.2, 0.25) is 0 Å². The van der Waals surface area contributed by atoms with Crippen LogP contribution in [0.5, 0.6) is 0 Å². The van der Waals surface area contributed by atoms with Crippen LogP contribution in [-0.4, -0.2) is 28.5 Å². The van der Waals surface area contributed by atoms with Gasteiger partial charge in [-0.15, -0.1) is 0 Å². The normalized spacial score (nSPS) is 13.8. The third-order valence-electron chi connectivity index (χ3n) is 1.75. The quantitative estimate of drug-likeness (QED) is 0.801. The Kier molecular flexibility index (Phi) is 4.67. The molecule has 1 rings (SSSR count). The molecule has 0 saturated heterocycles. The Morgan fingerprint density at radius 2 is 2.19 bits per heavy atom. The molecule has 0 aliphatic heterocycles. The first kappa shape index (κ1) is 13.4. The van der Waals surface area contributed by atoms with Crippen molar-refractivity contribution in [1.82, 2.24) is 9.97 Å². The molecule has 1 unspecified atom stereocenters. The highest BCUT2D eigenvalue weighted by Crippen LogP contribution is 2.27. The second-order valence-electron chi connectivity index (χ2n) is 3.11. The topological polar surface area (TPSA) is 35.0 Å². The molecule has 1 atom stereocenters. The smallest absolute Gasteiger partial charge is 0.384 e. The van der Waals surface area contributed by atoms with Gasteiger partial charge in [-0.1, -0.05) is 15.9 Å². The number of ether oxygens (including phenoxy) is 1. The molecule has 0 amide bonds. The molecule has 16 heavy (non-hydrogen) atoms. The van der Waals surface area contributed by atoms with E-state index in [0.717, 1.165) is 12.3 Å². The summed E-state index contributed by atoms with van der Waals surface area (Å²) < 4.78 is 41.8. The van der Waals surface area contributed by atoms with Gasteiger partial charge >= 0.3 is 6.18 Å². The Bertz CT molecular complexity index is 346. The number of rotatable bonds is 4. The minimum Gasteiger partial charge on any atom is -0.384 e. The van der Waals surface area contributed by atoms with E-state index in [0.29, 0.717) is 6.61 Å². The van der Waals surface area contributed by atoms with Gasteiger partial charge in [0.1, 0.15) is 11.5 Å². The van der Waals surface area contributed by atoms with Gasteiger partial charge in [0.25, 0.3) is 0 Å². The summed E-state index contributed by atoms with van der Waals surface area (Å²) in [4.78, 5) is 7.13. The Morgan fingerprint density at radius 1 is 1.50 bits per heavy atom. The molecule has 0 aliphatic rings. The highest BCUT2D eigenvalue weighted by molar-refractivity contribution is 9.09. The van der Waals surface area contributed by atoms with E-state index in [-0.39, 0.29) is 17.1 Å². The van der Waals surface area contributed by atoms with E-state index in [1.165, 1.54) is 7.11 Å². The highest BCUT2D eigenvalue weighted by Gasteiger charge is 2.32. The standard InChI is InChI=1S/C9H10BrF3N2O/c1-16-5-6(10)4-8-14-3-2-7(15-8)9(11,12)13/h2-3,6H,4-5H2,1H3. The van der Waals surface area contributed by atoms with Crippen LogP contribution >= 0.6 is 15.9 Å². The summed E-state index contributed by atoms with van der Waals surface area (Å²) in [5.41, 5.74) is -0.922. The molecule has 0 fully saturated rings. The summed E-state index contributed by atoms with van der Waals surface area (Å²) >= 11 is 3.26. The van der Waals surface area contributed by atoms with E-state index < -0.39 is 11.9 Å². The molecule has 0 saturated carbocycles. The zero-order valence-corrected chi connectivity index (χ0v) is 10.0. The lowest BCUT2D eigenvalue weighted by Crippen LogP contribution is -2.15. The molecule has 0 radical (unpaired) electrons. The van der Waals surface area contributed by atoms with Crippen molar-refractivity contribution in [3.05, 3.63) is 23.8 Å². The third kappa shape index (κ3) is 4.05. The molecular weight excluding hydrogens is 289 g/mol. The zero-order chi connectivity index (χ0) is 12.2. The first-order valence-electron chi connectivity index (χ1n) is 4.45. The van der Waals surface area contributed by atoms with Gasteiger partial charge in [0.15, 0.2) is 0 Å². The summed E-state index contributed by atoms with van der Waals surface area (Å²) in [5.74, 6) is 0.147. The lowest BCUT2D eigenvalue weighted by molar-refractivity contribution is -0.141. The van der Waals surface area contributed by atoms with Crippen molar-refractivity contribution in [2.75, 3.05) is 13.7 Å². The number of methoxy groups -OCH3 is 1. The van der Waals surface area contributed by atoms with Crippen molar-refractivity contribution in [2.45, 2.75) is 17.4 Å². The van der Waals surface area contributed by atoms with Crippen LogP contribution in [0.15, 0.2) is 12.3 Å². The lowest BCUT2D eigenvalue weighted by Gasteiger charge is -2.09. The van der Waals surface area contributed by atoms with Crippen molar-refractivity contribution in [1.29, 1.82) is 0 Å². The molecule has 1 aromatic heterocycles. The molecule has 0 aromatic carbocycles. The fourth-order valence-electron chi connectivity index (χ4n) is 1.09. The lowest BCUT2D eigenvalue weighted by atomic mass is 10.3. The van der Waals surface area contributed by atoms with Gasteiger partial charge in [-0.2, -0.15) is 13.2 Å². The van der Waals surface area contributed by atoms with E-state index in [1.54, 1.807) is 0 Å². The van der Waals surface area contributed by atoms with Crippen molar-refractivity contribution in [2.24, 2.45) is 0 Å². The van der Waals surface area contributed by atoms with Crippen LogP contribution in [0.1, 0.15) is 11.5 Å². The molecule has 0 spiro atoms. The van der Waals surface area contributed by atoms with Gasteiger partial charge in [0.2, 0.25) is 0 Å². The van der Waals surface area contributed by atoms with Crippen molar-refractivity contribution in [3.63, 3.8) is 0 Å². The van der Waals surface area contributed by atoms with Crippen LogP contribution in [-0.2, 0) is 17.3 Å². The van der Waals surface area contributed by atoms with Crippen LogP contribution < -0.4 is 0 Å². The summed E-state index contributed by atoms with van der Waals surface area (Å²) in [6.45, 7) is 0.388. The van der Waals surface area contributed by atoms with Gasteiger partial charge in [-0.25, -0.2) is 9.97 Å². The summed E-state index contributed by atoms with van der Waals surface area (Å²) in [6, 6.07) is 0.850. The Labute approximate surface area is 99.2 Å². The summed E-state index contributed by atoms with van der Waals surface area (Å²) in [6.07, 6.45) is -3.03. The average molecular weight is 299 g/mol. The second-order valence-corrected chi connectivity index (χ2v) is 4.41. The number of hydrogen-bond acceptors (Lipinski definition) is 3. The number of halogens is 4. The SMILES string of the molecule is COCC(Br)Cc1nccc(C(F)(F)F)n1. The second kappa shape index (κ2) is 5.58. The largest absolute Gasteiger partial charge is 0.433 e. The van der Waals surface area contributed by atoms with Gasteiger partial charge in [0, 0.05) is 24.6 Å². The van der Waals surface area contributed by atoms with Gasteiger partial charge in [-0.05, 0) is 6.07 Å². The Morgan fingerprint density at radius 3 is 2.75 bits per heavy atom. The molecule has 3 nitrogen and oxygen atoms in total. The van der Waals surface area contributed by atoms with Crippen LogP contribution in [0.3, 0.4) is 0 Å². The van der Waals surface area contributed by atoms with Crippen LogP contribution in [0.4, 0.5) is 13.2 Å². The summed E-state index contributed by atoms with van der Waals surface area (Å²) in [7, 11) is 1.52. The third-order valence-corrected chi connectivity index (χ3v) is 2.34. The molecule has 7 heteroatoms. The maximum absolute atomic E-state index is 12.3. The molecule has 0 aliphatic carbocycles. The average Bonchev–Trinajstić information content (AvgIpc) is 2.17. The molecule has 1 heterocycles. The molecule has 90 valence electrons. The number of alkyl halides is 4. The minimum atomic E-state index is -4.43. The van der Waals surface area contributed by atoms with Gasteiger partial charge in [-0.3, -0.25) is 0 Å². The summed E-state index contributed by atoms with van der Waals surface area (Å²) in [5, 5.41) is 0. The number of aromatic nitrogens is 2. The fraction of sp³-hybridized carbons (Fsp3) is 0.556. The van der Waals surface area contributed by atoms with E-state index in [4.69, 9.17) is 4.74 Å². The first-order valence-corrected chi connectivity index (χ1v) is 5.37. The van der Waals surface area contributed by atoms with E-state index >= 15 is 0 Å². The Hall–Kier alpha value is -0.690. The number of hydrogen-bond donors (Lipinski definition) is 0. The maximum atomic E-state index is 12.3. The van der Waals surface area contributed by atoms with Gasteiger partial charge < -0.3 is 4.74 Å². The van der Waals surface area contributed by atoms with Crippen LogP contribution in [0, 0.1) is 0 Å². The minimum absolute atomic E-state index is 0.0963. The first-order chi connectivity index (χ1) is 7.43. The molecule has 0 bridgehead atoms. The van der Waals surface area contributed by atoms with E-state index in [1.807, 2.05) is 0 Å². The van der Waals surface area contributed by atoms with Crippen molar-refractivity contribution in [3.8, 4) is 0 Å². The molecule has 0 N–H and O–H groups in total. The maximum Gasteiger partial charge on any atom is 0.433 e. The van der Waals surface area contributed by atoms with Crippen molar-refractivity contribution < 1.29 is 17.9 Å². The number of nitrogens with zero attached hydrogens (tertiary/aromatic N) is 2.